The van der Waals surface area contributed by atoms with Gasteiger partial charge in [0.15, 0.2) is 11.6 Å². The average Bonchev–Trinajstić information content (AvgIpc) is 2.91. The van der Waals surface area contributed by atoms with Gasteiger partial charge in [0.05, 0.1) is 16.3 Å². The van der Waals surface area contributed by atoms with Gasteiger partial charge in [0.25, 0.3) is 5.91 Å². The van der Waals surface area contributed by atoms with Crippen molar-refractivity contribution in [3.8, 4) is 5.75 Å². The SMILES string of the molecule is COc1cccc(CN2CCCN(C(=O)c3ccc(Cl)s3)CC2)c1F. The highest BCUT2D eigenvalue weighted by Gasteiger charge is 2.22. The standard InChI is InChI=1S/C18H20ClFN2O2S/c1-24-14-5-2-4-13(17(14)20)12-21-8-3-9-22(11-10-21)18(23)15-6-7-16(19)25-15/h2,4-7H,3,8-12H2,1H3. The second-order valence-electron chi connectivity index (χ2n) is 5.96. The van der Waals surface area contributed by atoms with Crippen molar-refractivity contribution in [3.63, 3.8) is 0 Å². The number of carbonyl (C=O) groups is 1. The Kier molecular flexibility index (Phi) is 5.93. The largest absolute Gasteiger partial charge is 0.494 e. The van der Waals surface area contributed by atoms with E-state index in [1.165, 1.54) is 18.4 Å². The summed E-state index contributed by atoms with van der Waals surface area (Å²) in [7, 11) is 1.47. The molecule has 0 bridgehead atoms. The fourth-order valence-corrected chi connectivity index (χ4v) is 4.01. The molecule has 1 amide bonds. The second-order valence-corrected chi connectivity index (χ2v) is 7.67. The molecule has 0 aliphatic carbocycles. The number of halogens is 2. The Morgan fingerprint density at radius 3 is 2.80 bits per heavy atom. The molecular formula is C18H20ClFN2O2S. The molecule has 0 unspecified atom stereocenters. The van der Waals surface area contributed by atoms with Crippen LogP contribution >= 0.6 is 22.9 Å². The molecule has 7 heteroatoms. The Labute approximate surface area is 155 Å². The molecule has 25 heavy (non-hydrogen) atoms. The molecule has 0 radical (unpaired) electrons. The molecule has 0 spiro atoms. The first kappa shape index (κ1) is 18.2. The van der Waals surface area contributed by atoms with Crippen molar-refractivity contribution in [2.75, 3.05) is 33.3 Å². The van der Waals surface area contributed by atoms with Crippen molar-refractivity contribution in [2.45, 2.75) is 13.0 Å². The van der Waals surface area contributed by atoms with E-state index in [4.69, 9.17) is 16.3 Å². The Balaban J connectivity index is 1.63. The molecule has 0 N–H and O–H groups in total. The third-order valence-corrected chi connectivity index (χ3v) is 5.54. The van der Waals surface area contributed by atoms with E-state index in [9.17, 15) is 9.18 Å². The first-order valence-corrected chi connectivity index (χ1v) is 9.36. The predicted molar refractivity (Wildman–Crippen MR) is 98.1 cm³/mol. The van der Waals surface area contributed by atoms with Gasteiger partial charge >= 0.3 is 0 Å². The minimum Gasteiger partial charge on any atom is -0.494 e. The van der Waals surface area contributed by atoms with E-state index in [-0.39, 0.29) is 17.5 Å². The molecule has 0 atom stereocenters. The molecule has 1 fully saturated rings. The van der Waals surface area contributed by atoms with Gasteiger partial charge in [0, 0.05) is 38.3 Å². The third-order valence-electron chi connectivity index (χ3n) is 4.32. The number of carbonyl (C=O) groups excluding carboxylic acids is 1. The number of nitrogens with zero attached hydrogens (tertiary/aromatic N) is 2. The monoisotopic (exact) mass is 382 g/mol. The van der Waals surface area contributed by atoms with Crippen LogP contribution in [-0.4, -0.2) is 49.0 Å². The normalized spacial score (nSPS) is 15.9. The van der Waals surface area contributed by atoms with E-state index < -0.39 is 0 Å². The fourth-order valence-electron chi connectivity index (χ4n) is 2.99. The summed E-state index contributed by atoms with van der Waals surface area (Å²) in [4.78, 5) is 17.2. The number of benzene rings is 1. The van der Waals surface area contributed by atoms with Gasteiger partial charge in [-0.2, -0.15) is 0 Å². The molecule has 3 rings (SSSR count). The molecule has 1 saturated heterocycles. The zero-order valence-electron chi connectivity index (χ0n) is 14.0. The van der Waals surface area contributed by atoms with Gasteiger partial charge in [0.1, 0.15) is 0 Å². The van der Waals surface area contributed by atoms with Crippen molar-refractivity contribution in [2.24, 2.45) is 0 Å². The Bertz CT molecular complexity index is 752. The van der Waals surface area contributed by atoms with Crippen molar-refractivity contribution in [3.05, 3.63) is 50.9 Å². The van der Waals surface area contributed by atoms with Crippen molar-refractivity contribution < 1.29 is 13.9 Å². The smallest absolute Gasteiger partial charge is 0.264 e. The number of amides is 1. The molecule has 1 aromatic heterocycles. The highest BCUT2D eigenvalue weighted by molar-refractivity contribution is 7.17. The minimum absolute atomic E-state index is 0.0197. The van der Waals surface area contributed by atoms with Crippen LogP contribution in [0, 0.1) is 5.82 Å². The minimum atomic E-state index is -0.310. The van der Waals surface area contributed by atoms with E-state index in [2.05, 4.69) is 4.90 Å². The topological polar surface area (TPSA) is 32.8 Å². The van der Waals surface area contributed by atoms with Crippen LogP contribution in [-0.2, 0) is 6.54 Å². The highest BCUT2D eigenvalue weighted by atomic mass is 35.5. The van der Waals surface area contributed by atoms with Crippen LogP contribution in [0.25, 0.3) is 0 Å². The quantitative estimate of drug-likeness (QED) is 0.804. The maximum Gasteiger partial charge on any atom is 0.264 e. The summed E-state index contributed by atoms with van der Waals surface area (Å²) in [6, 6.07) is 8.71. The number of methoxy groups -OCH3 is 1. The number of thiophene rings is 1. The van der Waals surface area contributed by atoms with Crippen molar-refractivity contribution >= 4 is 28.8 Å². The Morgan fingerprint density at radius 2 is 2.08 bits per heavy atom. The summed E-state index contributed by atoms with van der Waals surface area (Å²) < 4.78 is 20.0. The van der Waals surface area contributed by atoms with Gasteiger partial charge in [-0.3, -0.25) is 9.69 Å². The van der Waals surface area contributed by atoms with E-state index >= 15 is 0 Å². The zero-order valence-corrected chi connectivity index (χ0v) is 15.6. The maximum absolute atomic E-state index is 14.3. The molecule has 134 valence electrons. The summed E-state index contributed by atoms with van der Waals surface area (Å²) in [5.74, 6) is -0.0274. The van der Waals surface area contributed by atoms with Gasteiger partial charge in [-0.25, -0.2) is 4.39 Å². The van der Waals surface area contributed by atoms with Crippen LogP contribution in [0.15, 0.2) is 30.3 Å². The first-order chi connectivity index (χ1) is 12.1. The summed E-state index contributed by atoms with van der Waals surface area (Å²) in [5.41, 5.74) is 0.615. The zero-order chi connectivity index (χ0) is 17.8. The lowest BCUT2D eigenvalue weighted by molar-refractivity contribution is 0.0766. The number of hydrogen-bond acceptors (Lipinski definition) is 4. The molecule has 2 heterocycles. The number of ether oxygens (including phenoxy) is 1. The summed E-state index contributed by atoms with van der Waals surface area (Å²) in [6.45, 7) is 3.37. The van der Waals surface area contributed by atoms with Crippen molar-refractivity contribution in [1.29, 1.82) is 0 Å². The molecule has 1 aromatic carbocycles. The first-order valence-electron chi connectivity index (χ1n) is 8.17. The molecule has 4 nitrogen and oxygen atoms in total. The Hall–Kier alpha value is -1.63. The van der Waals surface area contributed by atoms with Gasteiger partial charge in [-0.15, -0.1) is 11.3 Å². The molecule has 1 aliphatic heterocycles. The van der Waals surface area contributed by atoms with Gasteiger partial charge in [0.2, 0.25) is 0 Å². The third kappa shape index (κ3) is 4.32. The maximum atomic E-state index is 14.3. The predicted octanol–water partition coefficient (Wildman–Crippen LogP) is 3.90. The van der Waals surface area contributed by atoms with Crippen molar-refractivity contribution in [1.82, 2.24) is 9.80 Å². The molecule has 0 saturated carbocycles. The van der Waals surface area contributed by atoms with Gasteiger partial charge in [-0.05, 0) is 24.6 Å². The van der Waals surface area contributed by atoms with Crippen LogP contribution in [0.4, 0.5) is 4.39 Å². The van der Waals surface area contributed by atoms with Gasteiger partial charge < -0.3 is 9.64 Å². The van der Waals surface area contributed by atoms with Crippen LogP contribution in [0.3, 0.4) is 0 Å². The van der Waals surface area contributed by atoms with Crippen LogP contribution in [0.2, 0.25) is 4.34 Å². The Morgan fingerprint density at radius 1 is 1.24 bits per heavy atom. The summed E-state index contributed by atoms with van der Waals surface area (Å²) in [5, 5.41) is 0. The van der Waals surface area contributed by atoms with E-state index in [0.29, 0.717) is 41.0 Å². The number of hydrogen-bond donors (Lipinski definition) is 0. The van der Waals surface area contributed by atoms with Crippen LogP contribution in [0.5, 0.6) is 5.75 Å². The van der Waals surface area contributed by atoms with E-state index in [1.807, 2.05) is 4.90 Å². The molecular weight excluding hydrogens is 363 g/mol. The second kappa shape index (κ2) is 8.17. The van der Waals surface area contributed by atoms with Crippen LogP contribution in [0.1, 0.15) is 21.7 Å². The van der Waals surface area contributed by atoms with E-state index in [1.54, 1.807) is 30.3 Å². The highest BCUT2D eigenvalue weighted by Crippen LogP contribution is 2.24. The summed E-state index contributed by atoms with van der Waals surface area (Å²) >= 11 is 7.23. The average molecular weight is 383 g/mol. The lowest BCUT2D eigenvalue weighted by Gasteiger charge is -2.22. The summed E-state index contributed by atoms with van der Waals surface area (Å²) in [6.07, 6.45) is 0.858. The van der Waals surface area contributed by atoms with Crippen LogP contribution < -0.4 is 4.74 Å². The fraction of sp³-hybridized carbons (Fsp3) is 0.389. The van der Waals surface area contributed by atoms with E-state index in [0.717, 1.165) is 13.0 Å². The molecule has 1 aliphatic rings. The lowest BCUT2D eigenvalue weighted by Crippen LogP contribution is -2.34. The molecule has 2 aromatic rings. The van der Waals surface area contributed by atoms with Gasteiger partial charge in [-0.1, -0.05) is 23.7 Å². The number of rotatable bonds is 4. The lowest BCUT2D eigenvalue weighted by atomic mass is 10.2.